The third-order valence-corrected chi connectivity index (χ3v) is 6.51. The Bertz CT molecular complexity index is 1150. The predicted molar refractivity (Wildman–Crippen MR) is 115 cm³/mol. The van der Waals surface area contributed by atoms with E-state index in [0.717, 1.165) is 21.8 Å². The molecule has 2 aromatic carbocycles. The van der Waals surface area contributed by atoms with Gasteiger partial charge in [0.15, 0.2) is 0 Å². The first-order chi connectivity index (χ1) is 14.4. The van der Waals surface area contributed by atoms with Gasteiger partial charge in [-0.2, -0.15) is 0 Å². The molecule has 2 heterocycles. The van der Waals surface area contributed by atoms with Crippen molar-refractivity contribution >= 4 is 46.5 Å². The topological polar surface area (TPSA) is 92.7 Å². The molecule has 0 bridgehead atoms. The molecule has 8 heteroatoms. The zero-order chi connectivity index (χ0) is 21.4. The number of thiophene rings is 1. The maximum atomic E-state index is 12.5. The molecule has 1 aliphatic rings. The molecule has 1 amide bonds. The SMILES string of the molecule is COC(=O)c1ccc([C@@H]2CC(=O)Nc3c2sc(C(=O)O)c3-c2ccc(Cl)cc2)cc1. The van der Waals surface area contributed by atoms with E-state index in [9.17, 15) is 19.5 Å². The van der Waals surface area contributed by atoms with Crippen LogP contribution in [-0.2, 0) is 9.53 Å². The highest BCUT2D eigenvalue weighted by Gasteiger charge is 2.34. The Morgan fingerprint density at radius 2 is 1.80 bits per heavy atom. The molecular weight excluding hydrogens is 426 g/mol. The highest BCUT2D eigenvalue weighted by atomic mass is 35.5. The van der Waals surface area contributed by atoms with Gasteiger partial charge in [0.1, 0.15) is 4.88 Å². The van der Waals surface area contributed by atoms with E-state index in [1.165, 1.54) is 7.11 Å². The first-order valence-electron chi connectivity index (χ1n) is 9.03. The van der Waals surface area contributed by atoms with Gasteiger partial charge >= 0.3 is 11.9 Å². The van der Waals surface area contributed by atoms with Crippen LogP contribution >= 0.6 is 22.9 Å². The molecule has 30 heavy (non-hydrogen) atoms. The fourth-order valence-corrected chi connectivity index (χ4v) is 4.94. The summed E-state index contributed by atoms with van der Waals surface area (Å²) >= 11 is 7.12. The Hall–Kier alpha value is -3.16. The summed E-state index contributed by atoms with van der Waals surface area (Å²) in [5.74, 6) is -2.02. The normalized spacial score (nSPS) is 15.3. The molecule has 0 saturated heterocycles. The summed E-state index contributed by atoms with van der Waals surface area (Å²) in [7, 11) is 1.31. The number of carboxylic acid groups (broad SMARTS) is 1. The van der Waals surface area contributed by atoms with Gasteiger partial charge < -0.3 is 15.2 Å². The number of carbonyl (C=O) groups excluding carboxylic acids is 2. The Morgan fingerprint density at radius 3 is 2.40 bits per heavy atom. The van der Waals surface area contributed by atoms with Gasteiger partial charge in [-0.15, -0.1) is 11.3 Å². The zero-order valence-electron chi connectivity index (χ0n) is 15.8. The number of fused-ring (bicyclic) bond motifs is 1. The Kier molecular flexibility index (Phi) is 5.32. The van der Waals surface area contributed by atoms with Gasteiger partial charge in [-0.3, -0.25) is 4.79 Å². The molecule has 1 atom stereocenters. The number of rotatable bonds is 4. The molecule has 0 aliphatic carbocycles. The largest absolute Gasteiger partial charge is 0.477 e. The minimum absolute atomic E-state index is 0.153. The lowest BCUT2D eigenvalue weighted by Gasteiger charge is -2.24. The number of benzene rings is 2. The Morgan fingerprint density at radius 1 is 1.13 bits per heavy atom. The predicted octanol–water partition coefficient (Wildman–Crippen LogP) is 5.03. The van der Waals surface area contributed by atoms with Gasteiger partial charge in [-0.25, -0.2) is 9.59 Å². The second kappa shape index (κ2) is 7.93. The van der Waals surface area contributed by atoms with E-state index < -0.39 is 11.9 Å². The Balaban J connectivity index is 1.84. The first-order valence-corrected chi connectivity index (χ1v) is 10.2. The summed E-state index contributed by atoms with van der Waals surface area (Å²) in [4.78, 5) is 37.1. The number of carbonyl (C=O) groups is 3. The second-order valence-electron chi connectivity index (χ2n) is 6.78. The molecule has 1 aromatic heterocycles. The lowest BCUT2D eigenvalue weighted by atomic mass is 9.88. The summed E-state index contributed by atoms with van der Waals surface area (Å²) in [6.45, 7) is 0. The number of ether oxygens (including phenoxy) is 1. The zero-order valence-corrected chi connectivity index (χ0v) is 17.3. The van der Waals surface area contributed by atoms with Gasteiger partial charge in [0.2, 0.25) is 5.91 Å². The van der Waals surface area contributed by atoms with Crippen molar-refractivity contribution in [3.8, 4) is 11.1 Å². The van der Waals surface area contributed by atoms with E-state index in [1.54, 1.807) is 48.5 Å². The van der Waals surface area contributed by atoms with E-state index >= 15 is 0 Å². The lowest BCUT2D eigenvalue weighted by molar-refractivity contribution is -0.116. The summed E-state index contributed by atoms with van der Waals surface area (Å²) in [6.07, 6.45) is 0.185. The van der Waals surface area contributed by atoms with Crippen LogP contribution in [0.3, 0.4) is 0 Å². The van der Waals surface area contributed by atoms with Crippen molar-refractivity contribution in [2.45, 2.75) is 12.3 Å². The smallest absolute Gasteiger partial charge is 0.346 e. The van der Waals surface area contributed by atoms with Crippen molar-refractivity contribution in [1.82, 2.24) is 0 Å². The molecule has 0 spiro atoms. The number of hydrogen-bond donors (Lipinski definition) is 2. The summed E-state index contributed by atoms with van der Waals surface area (Å²) in [5.41, 5.74) is 2.87. The van der Waals surface area contributed by atoms with Crippen LogP contribution in [0, 0.1) is 0 Å². The molecule has 0 fully saturated rings. The number of aromatic carboxylic acids is 1. The number of esters is 1. The fraction of sp³-hybridized carbons (Fsp3) is 0.136. The van der Waals surface area contributed by atoms with Crippen LogP contribution in [0.25, 0.3) is 11.1 Å². The second-order valence-corrected chi connectivity index (χ2v) is 8.26. The number of hydrogen-bond acceptors (Lipinski definition) is 5. The van der Waals surface area contributed by atoms with Gasteiger partial charge in [-0.05, 0) is 35.4 Å². The summed E-state index contributed by atoms with van der Waals surface area (Å²) < 4.78 is 4.72. The van der Waals surface area contributed by atoms with Crippen molar-refractivity contribution in [2.24, 2.45) is 0 Å². The molecular formula is C22H16ClNO5S. The van der Waals surface area contributed by atoms with Crippen LogP contribution < -0.4 is 5.32 Å². The van der Waals surface area contributed by atoms with Crippen molar-refractivity contribution in [3.63, 3.8) is 0 Å². The summed E-state index contributed by atoms with van der Waals surface area (Å²) in [5, 5.41) is 13.2. The molecule has 6 nitrogen and oxygen atoms in total. The highest BCUT2D eigenvalue weighted by molar-refractivity contribution is 7.15. The Labute approximate surface area is 181 Å². The number of nitrogens with one attached hydrogen (secondary N) is 1. The molecule has 4 rings (SSSR count). The molecule has 152 valence electrons. The third kappa shape index (κ3) is 3.58. The van der Waals surface area contributed by atoms with E-state index in [2.05, 4.69) is 5.32 Å². The first kappa shape index (κ1) is 20.1. The average molecular weight is 442 g/mol. The molecule has 3 aromatic rings. The number of methoxy groups -OCH3 is 1. The standard InChI is InChI=1S/C22H16ClNO5S/c1-29-22(28)13-4-2-11(3-5-13)15-10-16(25)24-18-17(12-6-8-14(23)9-7-12)20(21(26)27)30-19(15)18/h2-9,15H,10H2,1H3,(H,24,25)(H,26,27)/t15-/m0/s1. The van der Waals surface area contributed by atoms with Crippen LogP contribution in [-0.4, -0.2) is 30.1 Å². The van der Waals surface area contributed by atoms with Crippen molar-refractivity contribution < 1.29 is 24.2 Å². The molecule has 2 N–H and O–H groups in total. The van der Waals surface area contributed by atoms with E-state index in [4.69, 9.17) is 16.3 Å². The molecule has 0 saturated carbocycles. The molecule has 1 aliphatic heterocycles. The third-order valence-electron chi connectivity index (χ3n) is 4.97. The lowest BCUT2D eigenvalue weighted by Crippen LogP contribution is -2.22. The maximum absolute atomic E-state index is 12.5. The number of anilines is 1. The van der Waals surface area contributed by atoms with Crippen LogP contribution in [0.5, 0.6) is 0 Å². The van der Waals surface area contributed by atoms with E-state index in [0.29, 0.717) is 27.4 Å². The fourth-order valence-electron chi connectivity index (χ4n) is 3.57. The van der Waals surface area contributed by atoms with Crippen LogP contribution in [0.1, 0.15) is 42.8 Å². The number of amides is 1. The average Bonchev–Trinajstić information content (AvgIpc) is 3.13. The number of carboxylic acids is 1. The molecule has 0 unspecified atom stereocenters. The minimum Gasteiger partial charge on any atom is -0.477 e. The van der Waals surface area contributed by atoms with Crippen molar-refractivity contribution in [2.75, 3.05) is 12.4 Å². The monoisotopic (exact) mass is 441 g/mol. The molecule has 0 radical (unpaired) electrons. The van der Waals surface area contributed by atoms with Crippen LogP contribution in [0.2, 0.25) is 5.02 Å². The summed E-state index contributed by atoms with van der Waals surface area (Å²) in [6, 6.07) is 13.6. The van der Waals surface area contributed by atoms with E-state index in [-0.39, 0.29) is 23.1 Å². The highest BCUT2D eigenvalue weighted by Crippen LogP contribution is 2.49. The minimum atomic E-state index is -1.06. The quantitative estimate of drug-likeness (QED) is 0.554. The van der Waals surface area contributed by atoms with Crippen molar-refractivity contribution in [3.05, 3.63) is 74.4 Å². The maximum Gasteiger partial charge on any atom is 0.346 e. The van der Waals surface area contributed by atoms with Crippen molar-refractivity contribution in [1.29, 1.82) is 0 Å². The number of halogens is 1. The van der Waals surface area contributed by atoms with Gasteiger partial charge in [0.05, 0.1) is 18.4 Å². The van der Waals surface area contributed by atoms with Crippen LogP contribution in [0.15, 0.2) is 48.5 Å². The van der Waals surface area contributed by atoms with Gasteiger partial charge in [-0.1, -0.05) is 35.9 Å². The van der Waals surface area contributed by atoms with Crippen LogP contribution in [0.4, 0.5) is 5.69 Å². The van der Waals surface area contributed by atoms with Gasteiger partial charge in [0.25, 0.3) is 0 Å². The van der Waals surface area contributed by atoms with E-state index in [1.807, 2.05) is 0 Å². The van der Waals surface area contributed by atoms with Gasteiger partial charge in [0, 0.05) is 27.8 Å².